The van der Waals surface area contributed by atoms with Gasteiger partial charge >= 0.3 is 0 Å². The summed E-state index contributed by atoms with van der Waals surface area (Å²) in [5.74, 6) is -0.0626. The summed E-state index contributed by atoms with van der Waals surface area (Å²) in [5.41, 5.74) is 3.15. The number of amides is 1. The van der Waals surface area contributed by atoms with Gasteiger partial charge in [-0.05, 0) is 29.7 Å². The number of carbonyl (C=O) groups excluding carboxylic acids is 1. The van der Waals surface area contributed by atoms with E-state index in [4.69, 9.17) is 5.11 Å². The van der Waals surface area contributed by atoms with Gasteiger partial charge in [0.25, 0.3) is 0 Å². The monoisotopic (exact) mass is 338 g/mol. The van der Waals surface area contributed by atoms with E-state index in [1.54, 1.807) is 0 Å². The number of hydrogen-bond donors (Lipinski definition) is 3. The van der Waals surface area contributed by atoms with Crippen molar-refractivity contribution in [1.82, 2.24) is 5.32 Å². The minimum absolute atomic E-state index is 0.0262. The first-order chi connectivity index (χ1) is 12.2. The number of aliphatic hydroxyl groups excluding tert-OH is 1. The van der Waals surface area contributed by atoms with Gasteiger partial charge in [0.15, 0.2) is 0 Å². The zero-order valence-corrected chi connectivity index (χ0v) is 14.6. The number of rotatable bonds is 9. The molecule has 4 heteroatoms. The molecule has 0 heterocycles. The van der Waals surface area contributed by atoms with E-state index < -0.39 is 0 Å². The Kier molecular flexibility index (Phi) is 7.73. The second-order valence-electron chi connectivity index (χ2n) is 5.92. The number of nitrogens with one attached hydrogen (secondary N) is 2. The topological polar surface area (TPSA) is 61.4 Å². The van der Waals surface area contributed by atoms with Crippen LogP contribution in [-0.4, -0.2) is 30.2 Å². The van der Waals surface area contributed by atoms with Gasteiger partial charge in [0, 0.05) is 12.2 Å². The van der Waals surface area contributed by atoms with Crippen LogP contribution in [0.5, 0.6) is 0 Å². The molecule has 2 rings (SSSR count). The molecule has 4 nitrogen and oxygen atoms in total. The summed E-state index contributed by atoms with van der Waals surface area (Å²) in [7, 11) is 0. The highest BCUT2D eigenvalue weighted by Crippen LogP contribution is 2.10. The predicted molar refractivity (Wildman–Crippen MR) is 103 cm³/mol. The Labute approximate surface area is 149 Å². The molecule has 3 N–H and O–H groups in total. The van der Waals surface area contributed by atoms with Crippen LogP contribution < -0.4 is 10.6 Å². The second-order valence-corrected chi connectivity index (χ2v) is 5.92. The Morgan fingerprint density at radius 2 is 1.84 bits per heavy atom. The van der Waals surface area contributed by atoms with Gasteiger partial charge in [-0.1, -0.05) is 61.5 Å². The fourth-order valence-corrected chi connectivity index (χ4v) is 2.42. The number of hydrogen-bond acceptors (Lipinski definition) is 3. The van der Waals surface area contributed by atoms with Crippen molar-refractivity contribution in [2.45, 2.75) is 25.8 Å². The molecule has 0 aliphatic carbocycles. The molecule has 1 atom stereocenters. The summed E-state index contributed by atoms with van der Waals surface area (Å²) in [5, 5.41) is 15.3. The molecule has 2 aromatic rings. The van der Waals surface area contributed by atoms with Crippen LogP contribution in [0, 0.1) is 0 Å². The Morgan fingerprint density at radius 1 is 1.12 bits per heavy atom. The van der Waals surface area contributed by atoms with Gasteiger partial charge in [-0.15, -0.1) is 0 Å². The quantitative estimate of drug-likeness (QED) is 0.658. The van der Waals surface area contributed by atoms with Gasteiger partial charge in [0.1, 0.15) is 0 Å². The molecular formula is C21H26N2O2. The number of aliphatic hydroxyl groups is 1. The third kappa shape index (κ3) is 6.81. The van der Waals surface area contributed by atoms with Crippen LogP contribution in [0.1, 0.15) is 24.5 Å². The maximum Gasteiger partial charge on any atom is 0.224 e. The smallest absolute Gasteiger partial charge is 0.224 e. The van der Waals surface area contributed by atoms with Crippen molar-refractivity contribution in [3.8, 4) is 0 Å². The summed E-state index contributed by atoms with van der Waals surface area (Å²) >= 11 is 0. The first-order valence-corrected chi connectivity index (χ1v) is 8.66. The van der Waals surface area contributed by atoms with E-state index in [9.17, 15) is 4.79 Å². The van der Waals surface area contributed by atoms with Crippen molar-refractivity contribution in [2.24, 2.45) is 0 Å². The molecule has 0 aromatic heterocycles. The first kappa shape index (κ1) is 18.7. The zero-order chi connectivity index (χ0) is 17.9. The molecule has 0 aliphatic heterocycles. The summed E-state index contributed by atoms with van der Waals surface area (Å²) in [4.78, 5) is 11.9. The molecule has 0 saturated carbocycles. The molecule has 0 fully saturated rings. The number of benzene rings is 2. The molecule has 1 amide bonds. The van der Waals surface area contributed by atoms with E-state index in [1.807, 2.05) is 49.4 Å². The van der Waals surface area contributed by atoms with Crippen molar-refractivity contribution in [3.63, 3.8) is 0 Å². The fourth-order valence-electron chi connectivity index (χ4n) is 2.42. The van der Waals surface area contributed by atoms with Crippen molar-refractivity contribution < 1.29 is 9.90 Å². The molecule has 0 spiro atoms. The molecule has 132 valence electrons. The molecule has 0 aliphatic rings. The van der Waals surface area contributed by atoms with Crippen molar-refractivity contribution in [3.05, 3.63) is 71.8 Å². The molecule has 25 heavy (non-hydrogen) atoms. The maximum absolute atomic E-state index is 11.9. The Bertz CT molecular complexity index is 662. The van der Waals surface area contributed by atoms with Gasteiger partial charge < -0.3 is 15.7 Å². The predicted octanol–water partition coefficient (Wildman–Crippen LogP) is 3.24. The van der Waals surface area contributed by atoms with Crippen molar-refractivity contribution >= 4 is 17.7 Å². The van der Waals surface area contributed by atoms with E-state index in [-0.39, 0.29) is 18.6 Å². The van der Waals surface area contributed by atoms with Crippen LogP contribution in [-0.2, 0) is 11.2 Å². The first-order valence-electron chi connectivity index (χ1n) is 8.66. The zero-order valence-electron chi connectivity index (χ0n) is 14.6. The van der Waals surface area contributed by atoms with Crippen molar-refractivity contribution in [2.75, 3.05) is 18.5 Å². The van der Waals surface area contributed by atoms with Gasteiger partial charge in [0.05, 0.1) is 19.1 Å². The number of carbonyl (C=O) groups is 1. The second kappa shape index (κ2) is 10.3. The highest BCUT2D eigenvalue weighted by Gasteiger charge is 2.09. The van der Waals surface area contributed by atoms with Crippen LogP contribution in [0.3, 0.4) is 0 Å². The van der Waals surface area contributed by atoms with Crippen LogP contribution in [0.4, 0.5) is 5.69 Å². The highest BCUT2D eigenvalue weighted by molar-refractivity contribution is 5.79. The minimum atomic E-state index is -0.162. The van der Waals surface area contributed by atoms with E-state index in [0.717, 1.165) is 24.2 Å². The fraction of sp³-hybridized carbons (Fsp3) is 0.286. The van der Waals surface area contributed by atoms with Crippen LogP contribution in [0.15, 0.2) is 60.7 Å². The van der Waals surface area contributed by atoms with Gasteiger partial charge in [0.2, 0.25) is 5.91 Å². The number of anilines is 1. The average molecular weight is 338 g/mol. The van der Waals surface area contributed by atoms with E-state index in [1.165, 1.54) is 5.56 Å². The molecule has 0 saturated heterocycles. The standard InChI is InChI=1S/C21H26N2O2/c1-2-19(16-24)23-21(25)15-18-10-12-20(13-11-18)22-14-6-9-17-7-4-3-5-8-17/h3-13,19,22,24H,2,14-16H2,1H3,(H,23,25)/b9-6+. The maximum atomic E-state index is 11.9. The van der Waals surface area contributed by atoms with Crippen LogP contribution in [0.2, 0.25) is 0 Å². The average Bonchev–Trinajstić information content (AvgIpc) is 2.65. The minimum Gasteiger partial charge on any atom is -0.394 e. The van der Waals surface area contributed by atoms with Crippen molar-refractivity contribution in [1.29, 1.82) is 0 Å². The van der Waals surface area contributed by atoms with E-state index >= 15 is 0 Å². The summed E-state index contributed by atoms with van der Waals surface area (Å²) in [6.07, 6.45) is 5.21. The highest BCUT2D eigenvalue weighted by atomic mass is 16.3. The van der Waals surface area contributed by atoms with E-state index in [2.05, 4.69) is 34.9 Å². The van der Waals surface area contributed by atoms with Gasteiger partial charge in [-0.3, -0.25) is 4.79 Å². The van der Waals surface area contributed by atoms with Gasteiger partial charge in [-0.2, -0.15) is 0 Å². The largest absolute Gasteiger partial charge is 0.394 e. The normalized spacial score (nSPS) is 12.1. The van der Waals surface area contributed by atoms with E-state index in [0.29, 0.717) is 6.42 Å². The lowest BCUT2D eigenvalue weighted by Crippen LogP contribution is -2.37. The molecule has 0 radical (unpaired) electrons. The Morgan fingerprint density at radius 3 is 2.48 bits per heavy atom. The lowest BCUT2D eigenvalue weighted by atomic mass is 10.1. The summed E-state index contributed by atoms with van der Waals surface area (Å²) in [6, 6.07) is 17.9. The third-order valence-corrected chi connectivity index (χ3v) is 3.93. The third-order valence-electron chi connectivity index (χ3n) is 3.93. The molecular weight excluding hydrogens is 312 g/mol. The summed E-state index contributed by atoms with van der Waals surface area (Å²) in [6.45, 7) is 2.65. The molecule has 1 unspecified atom stereocenters. The summed E-state index contributed by atoms with van der Waals surface area (Å²) < 4.78 is 0. The Balaban J connectivity index is 1.77. The SMILES string of the molecule is CCC(CO)NC(=O)Cc1ccc(NC/C=C/c2ccccc2)cc1. The lowest BCUT2D eigenvalue weighted by molar-refractivity contribution is -0.121. The lowest BCUT2D eigenvalue weighted by Gasteiger charge is -2.14. The van der Waals surface area contributed by atoms with Gasteiger partial charge in [-0.25, -0.2) is 0 Å². The van der Waals surface area contributed by atoms with Crippen LogP contribution >= 0.6 is 0 Å². The molecule has 2 aromatic carbocycles. The Hall–Kier alpha value is -2.59. The molecule has 0 bridgehead atoms. The van der Waals surface area contributed by atoms with Crippen LogP contribution in [0.25, 0.3) is 6.08 Å².